The molecule has 0 atom stereocenters. The SMILES string of the molecule is O=[N+]([O-])c1ccc(Sc2nc3ccc([N+](=O)[O-])cc3[nH]2)c(-c2ccccn2)c1. The fourth-order valence-corrected chi connectivity index (χ4v) is 3.61. The molecule has 0 radical (unpaired) electrons. The van der Waals surface area contributed by atoms with E-state index in [1.807, 2.05) is 0 Å². The fraction of sp³-hybridized carbons (Fsp3) is 0. The molecule has 0 spiro atoms. The molecule has 0 saturated carbocycles. The van der Waals surface area contributed by atoms with Crippen molar-refractivity contribution in [2.24, 2.45) is 0 Å². The van der Waals surface area contributed by atoms with E-state index in [0.29, 0.717) is 27.4 Å². The zero-order valence-electron chi connectivity index (χ0n) is 14.1. The first-order valence-electron chi connectivity index (χ1n) is 8.03. The van der Waals surface area contributed by atoms with Crippen LogP contribution in [0.3, 0.4) is 0 Å². The Morgan fingerprint density at radius 3 is 2.39 bits per heavy atom. The molecule has 2 aromatic carbocycles. The van der Waals surface area contributed by atoms with Gasteiger partial charge in [-0.3, -0.25) is 25.2 Å². The molecule has 28 heavy (non-hydrogen) atoms. The van der Waals surface area contributed by atoms with Gasteiger partial charge in [0, 0.05) is 40.9 Å². The van der Waals surface area contributed by atoms with Crippen molar-refractivity contribution in [3.63, 3.8) is 0 Å². The summed E-state index contributed by atoms with van der Waals surface area (Å²) < 4.78 is 0. The van der Waals surface area contributed by atoms with Gasteiger partial charge in [0.2, 0.25) is 0 Å². The maximum atomic E-state index is 11.2. The second-order valence-electron chi connectivity index (χ2n) is 5.76. The van der Waals surface area contributed by atoms with Crippen LogP contribution in [0.2, 0.25) is 0 Å². The van der Waals surface area contributed by atoms with E-state index in [9.17, 15) is 20.2 Å². The maximum absolute atomic E-state index is 11.2. The highest BCUT2D eigenvalue weighted by Gasteiger charge is 2.16. The lowest BCUT2D eigenvalue weighted by atomic mass is 10.1. The molecule has 10 heteroatoms. The number of imidazole rings is 1. The van der Waals surface area contributed by atoms with Crippen molar-refractivity contribution >= 4 is 34.2 Å². The van der Waals surface area contributed by atoms with E-state index in [-0.39, 0.29) is 11.4 Å². The van der Waals surface area contributed by atoms with Crippen molar-refractivity contribution in [2.45, 2.75) is 10.1 Å². The van der Waals surface area contributed by atoms with Crippen molar-refractivity contribution in [2.75, 3.05) is 0 Å². The minimum absolute atomic E-state index is 0.0304. The van der Waals surface area contributed by atoms with Crippen molar-refractivity contribution in [3.05, 3.63) is 81.0 Å². The molecule has 0 saturated heterocycles. The number of fused-ring (bicyclic) bond motifs is 1. The summed E-state index contributed by atoms with van der Waals surface area (Å²) in [6, 6.07) is 14.2. The van der Waals surface area contributed by atoms with Crippen molar-refractivity contribution < 1.29 is 9.85 Å². The van der Waals surface area contributed by atoms with Gasteiger partial charge in [0.15, 0.2) is 5.16 Å². The third-order valence-corrected chi connectivity index (χ3v) is 4.94. The number of nitro groups is 2. The highest BCUT2D eigenvalue weighted by Crippen LogP contribution is 2.37. The summed E-state index contributed by atoms with van der Waals surface area (Å²) >= 11 is 1.27. The number of pyridine rings is 1. The summed E-state index contributed by atoms with van der Waals surface area (Å²) in [5.41, 5.74) is 2.27. The third kappa shape index (κ3) is 3.40. The molecule has 4 rings (SSSR count). The molecule has 0 fully saturated rings. The monoisotopic (exact) mass is 393 g/mol. The smallest absolute Gasteiger partial charge is 0.271 e. The number of aromatic nitrogens is 3. The van der Waals surface area contributed by atoms with Crippen molar-refractivity contribution in [1.29, 1.82) is 0 Å². The highest BCUT2D eigenvalue weighted by molar-refractivity contribution is 7.99. The summed E-state index contributed by atoms with van der Waals surface area (Å²) in [6.45, 7) is 0. The Labute approximate surface area is 161 Å². The Hall–Kier alpha value is -3.79. The normalized spacial score (nSPS) is 10.9. The minimum atomic E-state index is -0.470. The van der Waals surface area contributed by atoms with Crippen LogP contribution in [-0.4, -0.2) is 24.8 Å². The van der Waals surface area contributed by atoms with Crippen LogP contribution in [-0.2, 0) is 0 Å². The van der Waals surface area contributed by atoms with Gasteiger partial charge in [0.1, 0.15) is 0 Å². The van der Waals surface area contributed by atoms with E-state index in [4.69, 9.17) is 0 Å². The topological polar surface area (TPSA) is 128 Å². The van der Waals surface area contributed by atoms with Crippen LogP contribution >= 0.6 is 11.8 Å². The molecule has 9 nitrogen and oxygen atoms in total. The molecule has 1 N–H and O–H groups in total. The lowest BCUT2D eigenvalue weighted by molar-refractivity contribution is -0.385. The van der Waals surface area contributed by atoms with Crippen LogP contribution in [0.1, 0.15) is 0 Å². The van der Waals surface area contributed by atoms with Gasteiger partial charge in [0.05, 0.1) is 26.6 Å². The lowest BCUT2D eigenvalue weighted by Crippen LogP contribution is -1.92. The standard InChI is InChI=1S/C18H11N5O4S/c24-22(25)11-5-7-17(13(9-11)14-3-1-2-8-19-14)28-18-20-15-6-4-12(23(26)27)10-16(15)21-18/h1-10H,(H,20,21). The fourth-order valence-electron chi connectivity index (χ4n) is 2.68. The van der Waals surface area contributed by atoms with Gasteiger partial charge < -0.3 is 4.98 Å². The number of hydrogen-bond acceptors (Lipinski definition) is 7. The van der Waals surface area contributed by atoms with Gasteiger partial charge in [0.25, 0.3) is 11.4 Å². The molecule has 138 valence electrons. The van der Waals surface area contributed by atoms with Gasteiger partial charge in [-0.2, -0.15) is 0 Å². The van der Waals surface area contributed by atoms with Crippen LogP contribution in [0.15, 0.2) is 70.8 Å². The van der Waals surface area contributed by atoms with Crippen LogP contribution in [0.4, 0.5) is 11.4 Å². The van der Waals surface area contributed by atoms with Gasteiger partial charge >= 0.3 is 0 Å². The predicted octanol–water partition coefficient (Wildman–Crippen LogP) is 4.59. The number of rotatable bonds is 5. The van der Waals surface area contributed by atoms with E-state index in [2.05, 4.69) is 15.0 Å². The third-order valence-electron chi connectivity index (χ3n) is 3.98. The Kier molecular flexibility index (Phi) is 4.45. The van der Waals surface area contributed by atoms with Crippen molar-refractivity contribution in [3.8, 4) is 11.3 Å². The Bertz CT molecular complexity index is 1210. The van der Waals surface area contributed by atoms with Crippen LogP contribution in [0.25, 0.3) is 22.3 Å². The highest BCUT2D eigenvalue weighted by atomic mass is 32.2. The van der Waals surface area contributed by atoms with E-state index in [0.717, 1.165) is 4.90 Å². The Balaban J connectivity index is 1.76. The number of nitrogens with one attached hydrogen (secondary N) is 1. The molecule has 0 amide bonds. The molecule has 0 bridgehead atoms. The second kappa shape index (κ2) is 7.08. The summed E-state index contributed by atoms with van der Waals surface area (Å²) in [4.78, 5) is 33.7. The lowest BCUT2D eigenvalue weighted by Gasteiger charge is -2.07. The summed E-state index contributed by atoms with van der Waals surface area (Å²) in [6.07, 6.45) is 1.61. The van der Waals surface area contributed by atoms with Crippen LogP contribution < -0.4 is 0 Å². The first kappa shape index (κ1) is 17.6. The zero-order valence-corrected chi connectivity index (χ0v) is 14.9. The van der Waals surface area contributed by atoms with E-state index in [1.165, 1.54) is 36.0 Å². The van der Waals surface area contributed by atoms with Gasteiger partial charge in [-0.15, -0.1) is 0 Å². The quantitative estimate of drug-likeness (QED) is 0.388. The average Bonchev–Trinajstić information content (AvgIpc) is 3.10. The number of benzene rings is 2. The molecule has 2 heterocycles. The maximum Gasteiger partial charge on any atom is 0.271 e. The number of hydrogen-bond donors (Lipinski definition) is 1. The molecule has 4 aromatic rings. The largest absolute Gasteiger partial charge is 0.332 e. The predicted molar refractivity (Wildman–Crippen MR) is 103 cm³/mol. The molecule has 0 aliphatic carbocycles. The molecular formula is C18H11N5O4S. The Morgan fingerprint density at radius 1 is 0.929 bits per heavy atom. The number of H-pyrrole nitrogens is 1. The van der Waals surface area contributed by atoms with E-state index >= 15 is 0 Å². The molecule has 0 unspecified atom stereocenters. The van der Waals surface area contributed by atoms with Crippen molar-refractivity contribution in [1.82, 2.24) is 15.0 Å². The summed E-state index contributed by atoms with van der Waals surface area (Å²) in [5, 5.41) is 22.6. The molecule has 0 aliphatic rings. The van der Waals surface area contributed by atoms with E-state index < -0.39 is 9.85 Å². The number of nitro benzene ring substituents is 2. The van der Waals surface area contributed by atoms with E-state index in [1.54, 1.807) is 36.5 Å². The van der Waals surface area contributed by atoms with Gasteiger partial charge in [-0.25, -0.2) is 4.98 Å². The zero-order chi connectivity index (χ0) is 19.7. The summed E-state index contributed by atoms with van der Waals surface area (Å²) in [7, 11) is 0. The average molecular weight is 393 g/mol. The first-order chi connectivity index (χ1) is 13.5. The van der Waals surface area contributed by atoms with Gasteiger partial charge in [-0.1, -0.05) is 17.8 Å². The van der Waals surface area contributed by atoms with Crippen LogP contribution in [0, 0.1) is 20.2 Å². The Morgan fingerprint density at radius 2 is 1.68 bits per heavy atom. The minimum Gasteiger partial charge on any atom is -0.332 e. The van der Waals surface area contributed by atoms with Gasteiger partial charge in [-0.05, 0) is 24.3 Å². The number of aromatic amines is 1. The summed E-state index contributed by atoms with van der Waals surface area (Å²) in [5.74, 6) is 0. The number of nitrogens with zero attached hydrogens (tertiary/aromatic N) is 4. The molecule has 0 aliphatic heterocycles. The second-order valence-corrected chi connectivity index (χ2v) is 6.79. The molecule has 2 aromatic heterocycles. The number of non-ortho nitro benzene ring substituents is 2. The molecular weight excluding hydrogens is 382 g/mol. The first-order valence-corrected chi connectivity index (χ1v) is 8.85. The van der Waals surface area contributed by atoms with Crippen LogP contribution in [0.5, 0.6) is 0 Å².